The minimum absolute atomic E-state index is 0.148. The third-order valence-corrected chi connectivity index (χ3v) is 4.95. The van der Waals surface area contributed by atoms with Gasteiger partial charge >= 0.3 is 0 Å². The van der Waals surface area contributed by atoms with Crippen molar-refractivity contribution in [2.45, 2.75) is 13.5 Å². The molecule has 146 valence electrons. The van der Waals surface area contributed by atoms with Crippen LogP contribution < -0.4 is 15.4 Å². The number of hydrogen-bond acceptors (Lipinski definition) is 6. The molecule has 2 aromatic carbocycles. The summed E-state index contributed by atoms with van der Waals surface area (Å²) in [5.41, 5.74) is 2.05. The fourth-order valence-corrected chi connectivity index (χ4v) is 3.64. The normalized spacial score (nSPS) is 10.7. The number of furan rings is 1. The molecule has 0 radical (unpaired) electrons. The molecule has 0 spiro atoms. The molecule has 0 aliphatic rings. The number of thiazole rings is 1. The molecule has 2 N–H and O–H groups in total. The van der Waals surface area contributed by atoms with E-state index in [1.54, 1.807) is 18.2 Å². The highest BCUT2D eigenvalue weighted by molar-refractivity contribution is 7.22. The van der Waals surface area contributed by atoms with Gasteiger partial charge in [-0.1, -0.05) is 29.5 Å². The van der Waals surface area contributed by atoms with Gasteiger partial charge in [0.2, 0.25) is 5.91 Å². The fourth-order valence-electron chi connectivity index (χ4n) is 2.74. The van der Waals surface area contributed by atoms with Gasteiger partial charge in [-0.25, -0.2) is 4.98 Å². The number of carbonyl (C=O) groups excluding carboxylic acids is 2. The van der Waals surface area contributed by atoms with Gasteiger partial charge in [-0.05, 0) is 36.4 Å². The molecule has 7 nitrogen and oxygen atoms in total. The van der Waals surface area contributed by atoms with E-state index in [1.165, 1.54) is 24.5 Å². The number of hydrogen-bond donors (Lipinski definition) is 2. The van der Waals surface area contributed by atoms with Crippen molar-refractivity contribution < 1.29 is 18.7 Å². The van der Waals surface area contributed by atoms with Gasteiger partial charge in [-0.2, -0.15) is 0 Å². The second kappa shape index (κ2) is 8.15. The molecule has 4 aromatic rings. The van der Waals surface area contributed by atoms with Gasteiger partial charge in [0, 0.05) is 18.2 Å². The van der Waals surface area contributed by atoms with Gasteiger partial charge in [0.25, 0.3) is 5.91 Å². The molecule has 4 rings (SSSR count). The Bertz CT molecular complexity index is 1170. The lowest BCUT2D eigenvalue weighted by Gasteiger charge is -2.06. The molecule has 0 bridgehead atoms. The number of para-hydroxylation sites is 1. The van der Waals surface area contributed by atoms with Crippen LogP contribution in [0.5, 0.6) is 5.75 Å². The summed E-state index contributed by atoms with van der Waals surface area (Å²) in [6.45, 7) is 1.66. The molecule has 29 heavy (non-hydrogen) atoms. The van der Waals surface area contributed by atoms with Crippen LogP contribution >= 0.6 is 11.3 Å². The van der Waals surface area contributed by atoms with Crippen LogP contribution in [0.4, 0.5) is 10.8 Å². The van der Waals surface area contributed by atoms with Crippen LogP contribution in [0.2, 0.25) is 0 Å². The highest BCUT2D eigenvalue weighted by Gasteiger charge is 2.18. The van der Waals surface area contributed by atoms with E-state index < -0.39 is 5.91 Å². The summed E-state index contributed by atoms with van der Waals surface area (Å²) in [7, 11) is 0. The minimum atomic E-state index is -0.400. The quantitative estimate of drug-likeness (QED) is 0.484. The van der Waals surface area contributed by atoms with E-state index in [1.807, 2.05) is 36.4 Å². The van der Waals surface area contributed by atoms with E-state index >= 15 is 0 Å². The molecule has 0 unspecified atom stereocenters. The highest BCUT2D eigenvalue weighted by atomic mass is 32.1. The number of rotatable bonds is 6. The zero-order chi connectivity index (χ0) is 20.2. The van der Waals surface area contributed by atoms with E-state index in [2.05, 4.69) is 15.6 Å². The molecule has 0 aliphatic heterocycles. The van der Waals surface area contributed by atoms with Crippen LogP contribution in [0.1, 0.15) is 23.0 Å². The molecule has 2 aromatic heterocycles. The first-order chi connectivity index (χ1) is 14.1. The van der Waals surface area contributed by atoms with E-state index in [0.29, 0.717) is 22.1 Å². The van der Waals surface area contributed by atoms with Gasteiger partial charge in [-0.15, -0.1) is 0 Å². The smallest absolute Gasteiger partial charge is 0.293 e. The van der Waals surface area contributed by atoms with Gasteiger partial charge in [0.15, 0.2) is 10.9 Å². The largest absolute Gasteiger partial charge is 0.489 e. The Kier molecular flexibility index (Phi) is 5.26. The summed E-state index contributed by atoms with van der Waals surface area (Å²) >= 11 is 1.31. The first-order valence-corrected chi connectivity index (χ1v) is 9.64. The highest BCUT2D eigenvalue weighted by Crippen LogP contribution is 2.29. The number of amides is 2. The van der Waals surface area contributed by atoms with Crippen molar-refractivity contribution in [1.82, 2.24) is 4.98 Å². The summed E-state index contributed by atoms with van der Waals surface area (Å²) < 4.78 is 11.9. The zero-order valence-corrected chi connectivity index (χ0v) is 16.3. The van der Waals surface area contributed by atoms with Gasteiger partial charge < -0.3 is 14.5 Å². The lowest BCUT2D eigenvalue weighted by atomic mass is 10.2. The maximum absolute atomic E-state index is 12.6. The summed E-state index contributed by atoms with van der Waals surface area (Å²) in [6.07, 6.45) is 1.46. The molecule has 0 saturated heterocycles. The fraction of sp³-hybridized carbons (Fsp3) is 0.0952. The summed E-state index contributed by atoms with van der Waals surface area (Å²) in [5.74, 6) is 0.341. The van der Waals surface area contributed by atoms with Crippen LogP contribution in [0.3, 0.4) is 0 Å². The first-order valence-electron chi connectivity index (χ1n) is 8.82. The summed E-state index contributed by atoms with van der Waals surface area (Å²) in [4.78, 5) is 28.3. The maximum Gasteiger partial charge on any atom is 0.293 e. The SMILES string of the molecule is CC(=O)Nc1ccc2nc(NC(=O)c3occc3COc3ccccc3)sc2c1. The average molecular weight is 407 g/mol. The van der Waals surface area contributed by atoms with E-state index in [0.717, 1.165) is 10.2 Å². The Morgan fingerprint density at radius 1 is 1.10 bits per heavy atom. The Balaban J connectivity index is 1.47. The van der Waals surface area contributed by atoms with Crippen LogP contribution in [-0.4, -0.2) is 16.8 Å². The minimum Gasteiger partial charge on any atom is -0.489 e. The topological polar surface area (TPSA) is 93.5 Å². The van der Waals surface area contributed by atoms with Crippen LogP contribution in [-0.2, 0) is 11.4 Å². The molecule has 0 atom stereocenters. The van der Waals surface area contributed by atoms with Gasteiger partial charge in [0.1, 0.15) is 12.4 Å². The number of nitrogens with zero attached hydrogens (tertiary/aromatic N) is 1. The number of nitrogens with one attached hydrogen (secondary N) is 2. The first kappa shape index (κ1) is 18.7. The number of anilines is 2. The van der Waals surface area contributed by atoms with Crippen LogP contribution in [0, 0.1) is 0 Å². The van der Waals surface area contributed by atoms with E-state index in [-0.39, 0.29) is 18.3 Å². The second-order valence-corrected chi connectivity index (χ2v) is 7.24. The number of aromatic nitrogens is 1. The Hall–Kier alpha value is -3.65. The van der Waals surface area contributed by atoms with E-state index in [4.69, 9.17) is 9.15 Å². The monoisotopic (exact) mass is 407 g/mol. The van der Waals surface area contributed by atoms with Gasteiger partial charge in [-0.3, -0.25) is 14.9 Å². The predicted molar refractivity (Wildman–Crippen MR) is 111 cm³/mol. The maximum atomic E-state index is 12.6. The second-order valence-electron chi connectivity index (χ2n) is 6.21. The number of fused-ring (bicyclic) bond motifs is 1. The Morgan fingerprint density at radius 2 is 1.93 bits per heavy atom. The van der Waals surface area contributed by atoms with Crippen molar-refractivity contribution in [3.63, 3.8) is 0 Å². The van der Waals surface area contributed by atoms with Crippen molar-refractivity contribution in [3.05, 3.63) is 72.2 Å². The lowest BCUT2D eigenvalue weighted by molar-refractivity contribution is -0.114. The van der Waals surface area contributed by atoms with Crippen LogP contribution in [0.15, 0.2) is 65.3 Å². The standard InChI is InChI=1S/C21H17N3O4S/c1-13(25)22-15-7-8-17-18(11-15)29-21(23-17)24-20(26)19-14(9-10-27-19)12-28-16-5-3-2-4-6-16/h2-11H,12H2,1H3,(H,22,25)(H,23,24,26). The molecule has 0 aliphatic carbocycles. The van der Waals surface area contributed by atoms with Gasteiger partial charge in [0.05, 0.1) is 16.5 Å². The molecule has 2 amide bonds. The third kappa shape index (κ3) is 4.44. The number of ether oxygens (including phenoxy) is 1. The van der Waals surface area contributed by atoms with Crippen molar-refractivity contribution in [2.75, 3.05) is 10.6 Å². The van der Waals surface area contributed by atoms with Crippen molar-refractivity contribution in [1.29, 1.82) is 0 Å². The molecule has 0 saturated carbocycles. The lowest BCUT2D eigenvalue weighted by Crippen LogP contribution is -2.13. The molecule has 0 fully saturated rings. The molecular formula is C21H17N3O4S. The molecular weight excluding hydrogens is 390 g/mol. The summed E-state index contributed by atoms with van der Waals surface area (Å²) in [6, 6.07) is 16.4. The number of benzene rings is 2. The van der Waals surface area contributed by atoms with Crippen molar-refractivity contribution >= 4 is 44.2 Å². The summed E-state index contributed by atoms with van der Waals surface area (Å²) in [5, 5.41) is 5.93. The molecule has 8 heteroatoms. The Morgan fingerprint density at radius 3 is 2.72 bits per heavy atom. The van der Waals surface area contributed by atoms with Crippen molar-refractivity contribution in [3.8, 4) is 5.75 Å². The third-order valence-electron chi connectivity index (χ3n) is 4.02. The molecule has 2 heterocycles. The average Bonchev–Trinajstić information content (AvgIpc) is 3.32. The van der Waals surface area contributed by atoms with E-state index in [9.17, 15) is 9.59 Å². The Labute approximate surface area is 170 Å². The van der Waals surface area contributed by atoms with Crippen LogP contribution in [0.25, 0.3) is 10.2 Å². The number of carbonyl (C=O) groups is 2. The van der Waals surface area contributed by atoms with Crippen molar-refractivity contribution in [2.24, 2.45) is 0 Å². The zero-order valence-electron chi connectivity index (χ0n) is 15.5. The predicted octanol–water partition coefficient (Wildman–Crippen LogP) is 4.68.